The van der Waals surface area contributed by atoms with Crippen LogP contribution >= 0.6 is 0 Å². The van der Waals surface area contributed by atoms with Crippen LogP contribution in [0.15, 0.2) is 54.6 Å². The zero-order chi connectivity index (χ0) is 18.8. The summed E-state index contributed by atoms with van der Waals surface area (Å²) in [7, 11) is 0. The van der Waals surface area contributed by atoms with E-state index < -0.39 is 4.92 Å². The van der Waals surface area contributed by atoms with Gasteiger partial charge in [-0.25, -0.2) is 0 Å². The van der Waals surface area contributed by atoms with Crippen molar-refractivity contribution in [2.45, 2.75) is 6.92 Å². The number of nitro benzene ring substituents is 1. The lowest BCUT2D eigenvalue weighted by molar-refractivity contribution is -0.384. The van der Waals surface area contributed by atoms with Crippen molar-refractivity contribution in [3.8, 4) is 5.75 Å². The van der Waals surface area contributed by atoms with E-state index in [2.05, 4.69) is 10.6 Å². The topological polar surface area (TPSA) is 93.5 Å². The van der Waals surface area contributed by atoms with Crippen LogP contribution in [0.5, 0.6) is 5.75 Å². The quantitative estimate of drug-likeness (QED) is 0.312. The van der Waals surface area contributed by atoms with Crippen LogP contribution in [-0.4, -0.2) is 30.5 Å². The molecule has 2 aromatic rings. The number of hydrogen-bond acceptors (Lipinski definition) is 5. The predicted octanol–water partition coefficient (Wildman–Crippen LogP) is 3.24. The number of carbonyl (C=O) groups excluding carboxylic acids is 1. The third-order valence-electron chi connectivity index (χ3n) is 3.46. The molecule has 2 N–H and O–H groups in total. The highest BCUT2D eigenvalue weighted by Gasteiger charge is 2.03. The van der Waals surface area contributed by atoms with Crippen LogP contribution in [-0.2, 0) is 4.79 Å². The van der Waals surface area contributed by atoms with Crippen molar-refractivity contribution in [2.75, 3.05) is 25.0 Å². The monoisotopic (exact) mass is 355 g/mol. The first-order valence-electron chi connectivity index (χ1n) is 8.26. The molecule has 0 aromatic heterocycles. The first-order chi connectivity index (χ1) is 12.6. The summed E-state index contributed by atoms with van der Waals surface area (Å²) in [4.78, 5) is 22.0. The number of ether oxygens (including phenoxy) is 1. The molecular formula is C19H21N3O4. The molecular weight excluding hydrogens is 334 g/mol. The minimum Gasteiger partial charge on any atom is -0.493 e. The van der Waals surface area contributed by atoms with Gasteiger partial charge in [0.1, 0.15) is 5.75 Å². The van der Waals surface area contributed by atoms with Gasteiger partial charge in [-0.05, 0) is 31.2 Å². The fourth-order valence-corrected chi connectivity index (χ4v) is 2.22. The number of nitrogens with one attached hydrogen (secondary N) is 2. The fourth-order valence-electron chi connectivity index (χ4n) is 2.22. The Bertz CT molecular complexity index is 773. The van der Waals surface area contributed by atoms with Gasteiger partial charge in [0.15, 0.2) is 0 Å². The normalized spacial score (nSPS) is 10.5. The maximum atomic E-state index is 11.9. The number of anilines is 1. The van der Waals surface area contributed by atoms with Crippen molar-refractivity contribution < 1.29 is 14.5 Å². The van der Waals surface area contributed by atoms with E-state index in [1.54, 1.807) is 18.2 Å². The molecule has 0 atom stereocenters. The summed E-state index contributed by atoms with van der Waals surface area (Å²) in [6.07, 6.45) is 3.17. The van der Waals surface area contributed by atoms with Gasteiger partial charge < -0.3 is 15.4 Å². The van der Waals surface area contributed by atoms with E-state index in [1.807, 2.05) is 31.2 Å². The average Bonchev–Trinajstić information content (AvgIpc) is 2.65. The van der Waals surface area contributed by atoms with Gasteiger partial charge in [-0.2, -0.15) is 0 Å². The Labute approximate surface area is 151 Å². The van der Waals surface area contributed by atoms with E-state index in [0.29, 0.717) is 19.7 Å². The Hall–Kier alpha value is -3.35. The van der Waals surface area contributed by atoms with Crippen molar-refractivity contribution in [3.63, 3.8) is 0 Å². The summed E-state index contributed by atoms with van der Waals surface area (Å²) in [5.74, 6) is 0.528. The average molecular weight is 355 g/mol. The smallest absolute Gasteiger partial charge is 0.269 e. The van der Waals surface area contributed by atoms with Gasteiger partial charge in [0.05, 0.1) is 11.5 Å². The van der Waals surface area contributed by atoms with E-state index in [1.165, 1.54) is 18.2 Å². The molecule has 0 aliphatic rings. The van der Waals surface area contributed by atoms with Gasteiger partial charge in [-0.15, -0.1) is 0 Å². The van der Waals surface area contributed by atoms with Crippen molar-refractivity contribution in [3.05, 3.63) is 70.3 Å². The number of para-hydroxylation sites is 1. The highest BCUT2D eigenvalue weighted by atomic mass is 16.6. The van der Waals surface area contributed by atoms with Gasteiger partial charge in [-0.1, -0.05) is 18.2 Å². The molecule has 0 aliphatic carbocycles. The number of rotatable bonds is 9. The Morgan fingerprint density at radius 1 is 1.15 bits per heavy atom. The summed E-state index contributed by atoms with van der Waals surface area (Å²) in [6.45, 7) is 3.40. The second kappa shape index (κ2) is 9.83. The van der Waals surface area contributed by atoms with Crippen LogP contribution in [0.3, 0.4) is 0 Å². The third-order valence-corrected chi connectivity index (χ3v) is 3.46. The predicted molar refractivity (Wildman–Crippen MR) is 101 cm³/mol. The van der Waals surface area contributed by atoms with E-state index in [-0.39, 0.29) is 11.6 Å². The second-order valence-corrected chi connectivity index (χ2v) is 5.33. The summed E-state index contributed by atoms with van der Waals surface area (Å²) in [6, 6.07) is 13.6. The molecule has 2 aromatic carbocycles. The van der Waals surface area contributed by atoms with Gasteiger partial charge in [0.2, 0.25) is 5.91 Å². The lowest BCUT2D eigenvalue weighted by Gasteiger charge is -2.07. The molecule has 26 heavy (non-hydrogen) atoms. The minimum atomic E-state index is -0.444. The lowest BCUT2D eigenvalue weighted by atomic mass is 10.2. The maximum Gasteiger partial charge on any atom is 0.269 e. The minimum absolute atomic E-state index is 0.0429. The Morgan fingerprint density at radius 2 is 1.88 bits per heavy atom. The molecule has 0 fully saturated rings. The molecule has 0 saturated carbocycles. The standard InChI is InChI=1S/C19H21N3O4/c1-2-26-18-6-4-3-5-15(18)7-12-19(23)21-14-13-20-16-8-10-17(11-9-16)22(24)25/h3-12,20H,2,13-14H2,1H3,(H,21,23)/b12-7+. The summed E-state index contributed by atoms with van der Waals surface area (Å²) in [5.41, 5.74) is 1.64. The van der Waals surface area contributed by atoms with E-state index in [4.69, 9.17) is 4.74 Å². The second-order valence-electron chi connectivity index (χ2n) is 5.33. The van der Waals surface area contributed by atoms with Crippen molar-refractivity contribution in [1.82, 2.24) is 5.32 Å². The molecule has 0 saturated heterocycles. The molecule has 2 rings (SSSR count). The van der Waals surface area contributed by atoms with Crippen LogP contribution in [0, 0.1) is 10.1 Å². The molecule has 7 nitrogen and oxygen atoms in total. The zero-order valence-electron chi connectivity index (χ0n) is 14.5. The van der Waals surface area contributed by atoms with Gasteiger partial charge in [0.25, 0.3) is 5.69 Å². The first kappa shape index (κ1) is 19.0. The maximum absolute atomic E-state index is 11.9. The van der Waals surface area contributed by atoms with E-state index in [0.717, 1.165) is 17.0 Å². The molecule has 0 unspecified atom stereocenters. The van der Waals surface area contributed by atoms with Crippen LogP contribution in [0.25, 0.3) is 6.08 Å². The van der Waals surface area contributed by atoms with Crippen molar-refractivity contribution >= 4 is 23.4 Å². The Kier molecular flexibility index (Phi) is 7.17. The Morgan fingerprint density at radius 3 is 2.58 bits per heavy atom. The summed E-state index contributed by atoms with van der Waals surface area (Å²) < 4.78 is 5.50. The van der Waals surface area contributed by atoms with E-state index >= 15 is 0 Å². The third kappa shape index (κ3) is 5.94. The van der Waals surface area contributed by atoms with Gasteiger partial charge in [0, 0.05) is 42.5 Å². The first-order valence-corrected chi connectivity index (χ1v) is 8.26. The van der Waals surface area contributed by atoms with Crippen LogP contribution < -0.4 is 15.4 Å². The summed E-state index contributed by atoms with van der Waals surface area (Å²) >= 11 is 0. The number of non-ortho nitro benzene ring substituents is 1. The lowest BCUT2D eigenvalue weighted by Crippen LogP contribution is -2.27. The molecule has 0 aliphatic heterocycles. The summed E-state index contributed by atoms with van der Waals surface area (Å²) in [5, 5.41) is 16.4. The number of amides is 1. The number of nitrogens with zero attached hydrogens (tertiary/aromatic N) is 1. The van der Waals surface area contributed by atoms with E-state index in [9.17, 15) is 14.9 Å². The molecule has 0 bridgehead atoms. The molecule has 0 spiro atoms. The SMILES string of the molecule is CCOc1ccccc1/C=C/C(=O)NCCNc1ccc([N+](=O)[O-])cc1. The zero-order valence-corrected chi connectivity index (χ0v) is 14.5. The molecule has 0 radical (unpaired) electrons. The number of hydrogen-bond donors (Lipinski definition) is 2. The molecule has 7 heteroatoms. The largest absolute Gasteiger partial charge is 0.493 e. The highest BCUT2D eigenvalue weighted by Crippen LogP contribution is 2.19. The Balaban J connectivity index is 1.76. The van der Waals surface area contributed by atoms with Crippen LogP contribution in [0.2, 0.25) is 0 Å². The van der Waals surface area contributed by atoms with Gasteiger partial charge >= 0.3 is 0 Å². The van der Waals surface area contributed by atoms with Crippen molar-refractivity contribution in [2.24, 2.45) is 0 Å². The number of nitro groups is 1. The van der Waals surface area contributed by atoms with Crippen LogP contribution in [0.1, 0.15) is 12.5 Å². The van der Waals surface area contributed by atoms with Crippen LogP contribution in [0.4, 0.5) is 11.4 Å². The van der Waals surface area contributed by atoms with Crippen molar-refractivity contribution in [1.29, 1.82) is 0 Å². The number of benzene rings is 2. The molecule has 136 valence electrons. The number of carbonyl (C=O) groups is 1. The molecule has 0 heterocycles. The van der Waals surface area contributed by atoms with Gasteiger partial charge in [-0.3, -0.25) is 14.9 Å². The highest BCUT2D eigenvalue weighted by molar-refractivity contribution is 5.92. The fraction of sp³-hybridized carbons (Fsp3) is 0.211. The molecule has 1 amide bonds.